The van der Waals surface area contributed by atoms with Crippen molar-refractivity contribution in [2.45, 2.75) is 0 Å². The average Bonchev–Trinajstić information content (AvgIpc) is 3.44. The molecule has 0 atom stereocenters. The highest BCUT2D eigenvalue weighted by Gasteiger charge is 2.25. The van der Waals surface area contributed by atoms with Crippen molar-refractivity contribution in [3.63, 3.8) is 0 Å². The van der Waals surface area contributed by atoms with Crippen LogP contribution in [-0.2, 0) is 4.74 Å². The molecule has 4 rings (SSSR count). The molecule has 0 spiro atoms. The Bertz CT molecular complexity index is 927. The number of anilines is 1. The third-order valence-corrected chi connectivity index (χ3v) is 6.80. The average molecular weight is 434 g/mol. The number of benzene rings is 1. The monoisotopic (exact) mass is 433 g/mol. The van der Waals surface area contributed by atoms with E-state index < -0.39 is 0 Å². The summed E-state index contributed by atoms with van der Waals surface area (Å²) in [6.07, 6.45) is 0. The zero-order valence-electron chi connectivity index (χ0n) is 16.4. The van der Waals surface area contributed by atoms with Gasteiger partial charge in [0.25, 0.3) is 5.91 Å². The lowest BCUT2D eigenvalue weighted by Crippen LogP contribution is -2.43. The number of carbonyl (C=O) groups is 1. The number of morpholine rings is 1. The summed E-state index contributed by atoms with van der Waals surface area (Å²) >= 11 is 2.89. The fourth-order valence-electron chi connectivity index (χ4n) is 3.27. The summed E-state index contributed by atoms with van der Waals surface area (Å²) in [4.78, 5) is 22.8. The van der Waals surface area contributed by atoms with Gasteiger partial charge in [-0.3, -0.25) is 14.6 Å². The molecule has 3 heterocycles. The van der Waals surface area contributed by atoms with Gasteiger partial charge in [0.2, 0.25) is 0 Å². The van der Waals surface area contributed by atoms with E-state index in [0.29, 0.717) is 27.8 Å². The quantitative estimate of drug-likeness (QED) is 0.569. The number of fused-ring (bicyclic) bond motifs is 1. The van der Waals surface area contributed by atoms with Crippen molar-refractivity contribution in [2.75, 3.05) is 58.5 Å². The Morgan fingerprint density at radius 2 is 1.97 bits per heavy atom. The van der Waals surface area contributed by atoms with Crippen LogP contribution >= 0.6 is 22.7 Å². The van der Waals surface area contributed by atoms with Crippen molar-refractivity contribution in [3.05, 3.63) is 34.5 Å². The second-order valence-corrected chi connectivity index (χ2v) is 8.46. The summed E-state index contributed by atoms with van der Waals surface area (Å²) in [6.45, 7) is 4.54. The number of amides is 1. The third kappa shape index (κ3) is 4.23. The molecule has 7 nitrogen and oxygen atoms in total. The molecule has 0 bridgehead atoms. The van der Waals surface area contributed by atoms with Gasteiger partial charge in [-0.15, -0.1) is 11.3 Å². The number of thiophene rings is 1. The van der Waals surface area contributed by atoms with Gasteiger partial charge in [0.15, 0.2) is 5.13 Å². The molecule has 29 heavy (non-hydrogen) atoms. The number of carbonyl (C=O) groups excluding carboxylic acids is 1. The van der Waals surface area contributed by atoms with E-state index in [1.165, 1.54) is 22.7 Å². The number of rotatable bonds is 7. The Kier molecular flexibility index (Phi) is 6.29. The lowest BCUT2D eigenvalue weighted by molar-refractivity contribution is 0.0391. The molecule has 0 saturated carbocycles. The molecule has 1 fully saturated rings. The Morgan fingerprint density at radius 3 is 2.66 bits per heavy atom. The summed E-state index contributed by atoms with van der Waals surface area (Å²) in [5.74, 6) is 1.35. The van der Waals surface area contributed by atoms with Crippen LogP contribution in [0.2, 0.25) is 0 Å². The highest BCUT2D eigenvalue weighted by molar-refractivity contribution is 7.23. The van der Waals surface area contributed by atoms with Gasteiger partial charge in [-0.25, -0.2) is 4.98 Å². The second-order valence-electron chi connectivity index (χ2n) is 6.53. The van der Waals surface area contributed by atoms with Gasteiger partial charge in [-0.2, -0.15) is 0 Å². The summed E-state index contributed by atoms with van der Waals surface area (Å²) < 4.78 is 17.3. The standard InChI is InChI=1S/C20H23N3O4S2/c1-25-14-5-6-15(26-2)18-17(14)21-20(29-18)23(19(24)16-4-3-13-28-16)8-7-22-9-11-27-12-10-22/h3-6,13H,7-12H2,1-2H3. The van der Waals surface area contributed by atoms with Gasteiger partial charge >= 0.3 is 0 Å². The maximum absolute atomic E-state index is 13.3. The van der Waals surface area contributed by atoms with Gasteiger partial charge in [0.1, 0.15) is 21.7 Å². The molecular formula is C20H23N3O4S2. The van der Waals surface area contributed by atoms with Crippen molar-refractivity contribution >= 4 is 43.9 Å². The van der Waals surface area contributed by atoms with Gasteiger partial charge in [-0.05, 0) is 23.6 Å². The molecule has 154 valence electrons. The van der Waals surface area contributed by atoms with E-state index in [4.69, 9.17) is 19.2 Å². The summed E-state index contributed by atoms with van der Waals surface area (Å²) in [7, 11) is 3.25. The predicted molar refractivity (Wildman–Crippen MR) is 116 cm³/mol. The molecule has 1 amide bonds. The maximum atomic E-state index is 13.3. The van der Waals surface area contributed by atoms with Crippen molar-refractivity contribution in [1.82, 2.24) is 9.88 Å². The maximum Gasteiger partial charge on any atom is 0.270 e. The van der Waals surface area contributed by atoms with Crippen LogP contribution < -0.4 is 14.4 Å². The third-order valence-electron chi connectivity index (χ3n) is 4.85. The van der Waals surface area contributed by atoms with Crippen LogP contribution in [-0.4, -0.2) is 69.4 Å². The first-order valence-electron chi connectivity index (χ1n) is 9.38. The van der Waals surface area contributed by atoms with E-state index >= 15 is 0 Å². The van der Waals surface area contributed by atoms with E-state index in [0.717, 1.165) is 43.3 Å². The van der Waals surface area contributed by atoms with Crippen LogP contribution in [0.5, 0.6) is 11.5 Å². The number of nitrogens with zero attached hydrogens (tertiary/aromatic N) is 3. The zero-order valence-corrected chi connectivity index (χ0v) is 18.1. The highest BCUT2D eigenvalue weighted by Crippen LogP contribution is 2.40. The Morgan fingerprint density at radius 1 is 1.21 bits per heavy atom. The zero-order chi connectivity index (χ0) is 20.2. The van der Waals surface area contributed by atoms with Crippen LogP contribution in [0, 0.1) is 0 Å². The summed E-state index contributed by atoms with van der Waals surface area (Å²) in [5.41, 5.74) is 0.710. The molecule has 0 aliphatic carbocycles. The first kappa shape index (κ1) is 20.1. The number of aromatic nitrogens is 1. The molecule has 3 aromatic rings. The fraction of sp³-hybridized carbons (Fsp3) is 0.400. The molecule has 1 saturated heterocycles. The number of thiazole rings is 1. The molecular weight excluding hydrogens is 410 g/mol. The van der Waals surface area contributed by atoms with E-state index in [2.05, 4.69) is 4.90 Å². The van der Waals surface area contributed by atoms with Crippen LogP contribution in [0.3, 0.4) is 0 Å². The van der Waals surface area contributed by atoms with Crippen LogP contribution in [0.4, 0.5) is 5.13 Å². The summed E-state index contributed by atoms with van der Waals surface area (Å²) in [5, 5.41) is 2.56. The van der Waals surface area contributed by atoms with Crippen molar-refractivity contribution < 1.29 is 19.0 Å². The van der Waals surface area contributed by atoms with Crippen LogP contribution in [0.1, 0.15) is 9.67 Å². The highest BCUT2D eigenvalue weighted by atomic mass is 32.1. The van der Waals surface area contributed by atoms with E-state index in [1.54, 1.807) is 19.1 Å². The van der Waals surface area contributed by atoms with Gasteiger partial charge in [0, 0.05) is 26.2 Å². The number of hydrogen-bond donors (Lipinski definition) is 0. The Labute approximate surface area is 177 Å². The molecule has 9 heteroatoms. The lowest BCUT2D eigenvalue weighted by atomic mass is 10.3. The fourth-order valence-corrected chi connectivity index (χ4v) is 5.04. The second kappa shape index (κ2) is 9.08. The minimum absolute atomic E-state index is 0.0368. The minimum atomic E-state index is -0.0368. The van der Waals surface area contributed by atoms with Crippen molar-refractivity contribution in [2.24, 2.45) is 0 Å². The molecule has 0 unspecified atom stereocenters. The Hall–Kier alpha value is -2.20. The van der Waals surface area contributed by atoms with Crippen LogP contribution in [0.15, 0.2) is 29.6 Å². The normalized spacial score (nSPS) is 14.8. The molecule has 2 aromatic heterocycles. The van der Waals surface area contributed by atoms with Crippen molar-refractivity contribution in [1.29, 1.82) is 0 Å². The SMILES string of the molecule is COc1ccc(OC)c2sc(N(CCN3CCOCC3)C(=O)c3cccs3)nc12. The largest absolute Gasteiger partial charge is 0.495 e. The number of methoxy groups -OCH3 is 2. The molecule has 0 N–H and O–H groups in total. The van der Waals surface area contributed by atoms with E-state index in [1.807, 2.05) is 29.6 Å². The van der Waals surface area contributed by atoms with E-state index in [-0.39, 0.29) is 5.91 Å². The summed E-state index contributed by atoms with van der Waals surface area (Å²) in [6, 6.07) is 7.44. The molecule has 1 aliphatic heterocycles. The van der Waals surface area contributed by atoms with Gasteiger partial charge < -0.3 is 14.2 Å². The number of hydrogen-bond acceptors (Lipinski definition) is 8. The van der Waals surface area contributed by atoms with Gasteiger partial charge in [-0.1, -0.05) is 17.4 Å². The molecule has 0 radical (unpaired) electrons. The number of ether oxygens (including phenoxy) is 3. The minimum Gasteiger partial charge on any atom is -0.495 e. The topological polar surface area (TPSA) is 64.1 Å². The van der Waals surface area contributed by atoms with Crippen LogP contribution in [0.25, 0.3) is 10.2 Å². The first-order valence-corrected chi connectivity index (χ1v) is 11.1. The van der Waals surface area contributed by atoms with E-state index in [9.17, 15) is 4.79 Å². The molecule has 1 aromatic carbocycles. The Balaban J connectivity index is 1.68. The van der Waals surface area contributed by atoms with Crippen molar-refractivity contribution in [3.8, 4) is 11.5 Å². The van der Waals surface area contributed by atoms with Gasteiger partial charge in [0.05, 0.1) is 32.3 Å². The molecule has 1 aliphatic rings. The smallest absolute Gasteiger partial charge is 0.270 e. The first-order chi connectivity index (χ1) is 14.2. The predicted octanol–water partition coefficient (Wildman–Crippen LogP) is 3.35. The lowest BCUT2D eigenvalue weighted by Gasteiger charge is -2.29.